The average Bonchev–Trinajstić information content (AvgIpc) is 2.64. The van der Waals surface area contributed by atoms with Crippen molar-refractivity contribution in [3.8, 4) is 0 Å². The lowest BCUT2D eigenvalue weighted by Gasteiger charge is -2.09. The number of rotatable bonds is 6. The van der Waals surface area contributed by atoms with Crippen LogP contribution in [-0.4, -0.2) is 17.4 Å². The standard InChI is InChI=1S/C20H17ClFN3O/c21-16-3-1-2-14(12-16)8-10-23-19-13-15(9-11-24-19)20(26)25-18-6-4-17(22)5-7-18/h1-7,9,11-13H,8,10H2,(H,23,24)(H,25,26). The topological polar surface area (TPSA) is 54.0 Å². The number of hydrogen-bond acceptors (Lipinski definition) is 3. The van der Waals surface area contributed by atoms with Crippen LogP contribution in [0.25, 0.3) is 0 Å². The molecule has 3 rings (SSSR count). The Labute approximate surface area is 156 Å². The molecule has 1 amide bonds. The van der Waals surface area contributed by atoms with Crippen molar-refractivity contribution in [2.45, 2.75) is 6.42 Å². The Bertz CT molecular complexity index is 900. The normalized spacial score (nSPS) is 10.4. The van der Waals surface area contributed by atoms with E-state index < -0.39 is 0 Å². The summed E-state index contributed by atoms with van der Waals surface area (Å²) in [6.07, 6.45) is 2.36. The molecule has 0 aliphatic carbocycles. The molecule has 132 valence electrons. The Morgan fingerprint density at radius 2 is 1.88 bits per heavy atom. The first-order chi connectivity index (χ1) is 12.6. The van der Waals surface area contributed by atoms with E-state index >= 15 is 0 Å². The molecule has 2 N–H and O–H groups in total. The number of amides is 1. The highest BCUT2D eigenvalue weighted by Crippen LogP contribution is 2.14. The number of hydrogen-bond donors (Lipinski definition) is 2. The molecule has 0 fully saturated rings. The summed E-state index contributed by atoms with van der Waals surface area (Å²) in [7, 11) is 0. The third-order valence-corrected chi connectivity index (χ3v) is 3.97. The number of carbonyl (C=O) groups excluding carboxylic acids is 1. The van der Waals surface area contributed by atoms with Crippen molar-refractivity contribution in [1.29, 1.82) is 0 Å². The molecule has 0 spiro atoms. The smallest absolute Gasteiger partial charge is 0.255 e. The number of anilines is 2. The minimum Gasteiger partial charge on any atom is -0.370 e. The zero-order valence-electron chi connectivity index (χ0n) is 13.9. The fraction of sp³-hybridized carbons (Fsp3) is 0.100. The van der Waals surface area contributed by atoms with Gasteiger partial charge in [-0.1, -0.05) is 23.7 Å². The number of aromatic nitrogens is 1. The van der Waals surface area contributed by atoms with E-state index in [0.717, 1.165) is 12.0 Å². The minimum absolute atomic E-state index is 0.281. The molecular formula is C20H17ClFN3O. The highest BCUT2D eigenvalue weighted by molar-refractivity contribution is 6.30. The minimum atomic E-state index is -0.349. The van der Waals surface area contributed by atoms with Crippen molar-refractivity contribution < 1.29 is 9.18 Å². The first-order valence-corrected chi connectivity index (χ1v) is 8.49. The Kier molecular flexibility index (Phi) is 5.81. The largest absolute Gasteiger partial charge is 0.370 e. The van der Waals surface area contributed by atoms with Crippen LogP contribution in [0, 0.1) is 5.82 Å². The van der Waals surface area contributed by atoms with Crippen LogP contribution in [0.1, 0.15) is 15.9 Å². The second-order valence-corrected chi connectivity index (χ2v) is 6.13. The van der Waals surface area contributed by atoms with E-state index in [1.165, 1.54) is 24.3 Å². The van der Waals surface area contributed by atoms with E-state index in [1.807, 2.05) is 24.3 Å². The van der Waals surface area contributed by atoms with E-state index in [2.05, 4.69) is 15.6 Å². The van der Waals surface area contributed by atoms with Crippen LogP contribution in [0.15, 0.2) is 66.9 Å². The van der Waals surface area contributed by atoms with E-state index in [4.69, 9.17) is 11.6 Å². The quantitative estimate of drug-likeness (QED) is 0.657. The van der Waals surface area contributed by atoms with Gasteiger partial charge in [-0.2, -0.15) is 0 Å². The molecule has 0 radical (unpaired) electrons. The number of benzene rings is 2. The maximum absolute atomic E-state index is 12.9. The first kappa shape index (κ1) is 17.9. The molecule has 3 aromatic rings. The van der Waals surface area contributed by atoms with E-state index in [0.29, 0.717) is 28.6 Å². The van der Waals surface area contributed by atoms with Gasteiger partial charge in [-0.15, -0.1) is 0 Å². The van der Waals surface area contributed by atoms with Gasteiger partial charge in [0.1, 0.15) is 11.6 Å². The molecule has 1 aromatic heterocycles. The van der Waals surface area contributed by atoms with Crippen LogP contribution in [0.5, 0.6) is 0 Å². The van der Waals surface area contributed by atoms with Crippen LogP contribution in [0.4, 0.5) is 15.9 Å². The van der Waals surface area contributed by atoms with Crippen molar-refractivity contribution in [2.24, 2.45) is 0 Å². The summed E-state index contributed by atoms with van der Waals surface area (Å²) in [5.74, 6) is -0.0196. The van der Waals surface area contributed by atoms with E-state index in [1.54, 1.807) is 18.3 Å². The summed E-state index contributed by atoms with van der Waals surface area (Å²) in [5.41, 5.74) is 2.12. The monoisotopic (exact) mass is 369 g/mol. The third-order valence-electron chi connectivity index (χ3n) is 3.73. The van der Waals surface area contributed by atoms with Gasteiger partial charge in [0, 0.05) is 29.0 Å². The van der Waals surface area contributed by atoms with Crippen molar-refractivity contribution in [2.75, 3.05) is 17.2 Å². The molecule has 0 aliphatic rings. The molecule has 0 saturated carbocycles. The second kappa shape index (κ2) is 8.45. The molecule has 26 heavy (non-hydrogen) atoms. The first-order valence-electron chi connectivity index (χ1n) is 8.11. The predicted octanol–water partition coefficient (Wildman–Crippen LogP) is 4.78. The van der Waals surface area contributed by atoms with Crippen molar-refractivity contribution in [3.05, 3.63) is 88.8 Å². The van der Waals surface area contributed by atoms with E-state index in [-0.39, 0.29) is 11.7 Å². The van der Waals surface area contributed by atoms with Crippen LogP contribution in [-0.2, 0) is 6.42 Å². The SMILES string of the molecule is O=C(Nc1ccc(F)cc1)c1ccnc(NCCc2cccc(Cl)c2)c1. The summed E-state index contributed by atoms with van der Waals surface area (Å²) < 4.78 is 12.9. The zero-order chi connectivity index (χ0) is 18.4. The van der Waals surface area contributed by atoms with Crippen LogP contribution >= 0.6 is 11.6 Å². The lowest BCUT2D eigenvalue weighted by atomic mass is 10.1. The molecule has 2 aromatic carbocycles. The average molecular weight is 370 g/mol. The van der Waals surface area contributed by atoms with Gasteiger partial charge in [0.25, 0.3) is 5.91 Å². The van der Waals surface area contributed by atoms with Gasteiger partial charge in [-0.05, 0) is 60.5 Å². The summed E-state index contributed by atoms with van der Waals surface area (Å²) >= 11 is 5.97. The summed E-state index contributed by atoms with van der Waals surface area (Å²) in [4.78, 5) is 16.5. The van der Waals surface area contributed by atoms with Gasteiger partial charge >= 0.3 is 0 Å². The number of halogens is 2. The predicted molar refractivity (Wildman–Crippen MR) is 102 cm³/mol. The highest BCUT2D eigenvalue weighted by atomic mass is 35.5. The maximum atomic E-state index is 12.9. The molecule has 0 saturated heterocycles. The van der Waals surface area contributed by atoms with Crippen molar-refractivity contribution in [1.82, 2.24) is 4.98 Å². The van der Waals surface area contributed by atoms with Crippen LogP contribution in [0.2, 0.25) is 5.02 Å². The molecule has 4 nitrogen and oxygen atoms in total. The van der Waals surface area contributed by atoms with Gasteiger partial charge in [0.2, 0.25) is 0 Å². The lowest BCUT2D eigenvalue weighted by molar-refractivity contribution is 0.102. The Morgan fingerprint density at radius 3 is 2.65 bits per heavy atom. The fourth-order valence-corrected chi connectivity index (χ4v) is 2.65. The Morgan fingerprint density at radius 1 is 1.08 bits per heavy atom. The third kappa shape index (κ3) is 5.04. The fourth-order valence-electron chi connectivity index (χ4n) is 2.43. The number of pyridine rings is 1. The number of nitrogens with one attached hydrogen (secondary N) is 2. The van der Waals surface area contributed by atoms with Gasteiger partial charge in [-0.3, -0.25) is 4.79 Å². The molecular weight excluding hydrogens is 353 g/mol. The second-order valence-electron chi connectivity index (χ2n) is 5.70. The summed E-state index contributed by atoms with van der Waals surface area (Å²) in [6.45, 7) is 0.663. The Balaban J connectivity index is 1.58. The van der Waals surface area contributed by atoms with Gasteiger partial charge in [-0.25, -0.2) is 9.37 Å². The summed E-state index contributed by atoms with van der Waals surface area (Å²) in [6, 6.07) is 16.6. The van der Waals surface area contributed by atoms with E-state index in [9.17, 15) is 9.18 Å². The molecule has 0 bridgehead atoms. The van der Waals surface area contributed by atoms with Crippen molar-refractivity contribution >= 4 is 29.0 Å². The van der Waals surface area contributed by atoms with Gasteiger partial charge < -0.3 is 10.6 Å². The molecule has 0 aliphatic heterocycles. The highest BCUT2D eigenvalue weighted by Gasteiger charge is 2.07. The summed E-state index contributed by atoms with van der Waals surface area (Å²) in [5, 5.41) is 6.63. The number of carbonyl (C=O) groups is 1. The number of nitrogens with zero attached hydrogens (tertiary/aromatic N) is 1. The van der Waals surface area contributed by atoms with Gasteiger partial charge in [0.05, 0.1) is 0 Å². The van der Waals surface area contributed by atoms with Crippen LogP contribution < -0.4 is 10.6 Å². The zero-order valence-corrected chi connectivity index (χ0v) is 14.6. The lowest BCUT2D eigenvalue weighted by Crippen LogP contribution is -2.13. The molecule has 0 atom stereocenters. The molecule has 0 unspecified atom stereocenters. The molecule has 1 heterocycles. The molecule has 6 heteroatoms. The maximum Gasteiger partial charge on any atom is 0.255 e. The van der Waals surface area contributed by atoms with Crippen molar-refractivity contribution in [3.63, 3.8) is 0 Å². The Hall–Kier alpha value is -2.92. The van der Waals surface area contributed by atoms with Crippen LogP contribution in [0.3, 0.4) is 0 Å². The van der Waals surface area contributed by atoms with Gasteiger partial charge in [0.15, 0.2) is 0 Å².